The fourth-order valence-corrected chi connectivity index (χ4v) is 1.36. The number of unbranched alkanes of at least 4 members (excludes halogenated alkanes) is 2. The molecule has 1 aliphatic heterocycles. The third-order valence-corrected chi connectivity index (χ3v) is 2.43. The molecule has 0 aromatic carbocycles. The van der Waals surface area contributed by atoms with Gasteiger partial charge in [-0.05, 0) is 31.8 Å². The standard InChI is InChI=1S/C10H21NO/c1-2-3-4-6-12-7-5-10-8-11-9-10/h10-11H,2-9H2,1H3. The van der Waals surface area contributed by atoms with E-state index < -0.39 is 0 Å². The van der Waals surface area contributed by atoms with E-state index in [1.54, 1.807) is 0 Å². The van der Waals surface area contributed by atoms with Crippen molar-refractivity contribution in [1.29, 1.82) is 0 Å². The quantitative estimate of drug-likeness (QED) is 0.590. The molecule has 1 N–H and O–H groups in total. The van der Waals surface area contributed by atoms with Crippen LogP contribution in [0.4, 0.5) is 0 Å². The fraction of sp³-hybridized carbons (Fsp3) is 1.00. The molecule has 0 amide bonds. The Bertz CT molecular complexity index is 102. The average Bonchev–Trinajstić information content (AvgIpc) is 2.00. The van der Waals surface area contributed by atoms with Crippen molar-refractivity contribution in [2.45, 2.75) is 32.6 Å². The van der Waals surface area contributed by atoms with E-state index in [9.17, 15) is 0 Å². The molecule has 1 fully saturated rings. The van der Waals surface area contributed by atoms with Crippen LogP contribution in [0.15, 0.2) is 0 Å². The summed E-state index contributed by atoms with van der Waals surface area (Å²) in [5, 5.41) is 3.27. The van der Waals surface area contributed by atoms with Gasteiger partial charge in [0.05, 0.1) is 0 Å². The van der Waals surface area contributed by atoms with Gasteiger partial charge in [0.25, 0.3) is 0 Å². The predicted molar refractivity (Wildman–Crippen MR) is 51.3 cm³/mol. The molecular weight excluding hydrogens is 150 g/mol. The minimum absolute atomic E-state index is 0.899. The van der Waals surface area contributed by atoms with E-state index in [0.29, 0.717) is 0 Å². The average molecular weight is 171 g/mol. The first-order chi connectivity index (χ1) is 5.93. The summed E-state index contributed by atoms with van der Waals surface area (Å²) < 4.78 is 5.51. The molecule has 0 aliphatic carbocycles. The molecule has 0 atom stereocenters. The predicted octanol–water partition coefficient (Wildman–Crippen LogP) is 1.80. The summed E-state index contributed by atoms with van der Waals surface area (Å²) in [5.74, 6) is 0.899. The van der Waals surface area contributed by atoms with Gasteiger partial charge in [-0.1, -0.05) is 19.8 Å². The Hall–Kier alpha value is -0.0800. The molecule has 0 spiro atoms. The van der Waals surface area contributed by atoms with Crippen molar-refractivity contribution in [3.63, 3.8) is 0 Å². The number of ether oxygens (including phenoxy) is 1. The van der Waals surface area contributed by atoms with Crippen LogP contribution in [0.2, 0.25) is 0 Å². The van der Waals surface area contributed by atoms with Crippen LogP contribution < -0.4 is 5.32 Å². The smallest absolute Gasteiger partial charge is 0.0469 e. The first kappa shape index (κ1) is 10.0. The minimum atomic E-state index is 0.899. The molecular formula is C10H21NO. The van der Waals surface area contributed by atoms with Crippen molar-refractivity contribution in [3.8, 4) is 0 Å². The molecule has 1 heterocycles. The molecule has 0 aromatic rings. The second-order valence-corrected chi connectivity index (χ2v) is 3.63. The monoisotopic (exact) mass is 171 g/mol. The van der Waals surface area contributed by atoms with Crippen LogP contribution in [0.1, 0.15) is 32.6 Å². The van der Waals surface area contributed by atoms with Crippen molar-refractivity contribution < 1.29 is 4.74 Å². The van der Waals surface area contributed by atoms with Crippen LogP contribution in [0.3, 0.4) is 0 Å². The molecule has 2 nitrogen and oxygen atoms in total. The summed E-state index contributed by atoms with van der Waals surface area (Å²) in [6, 6.07) is 0. The maximum Gasteiger partial charge on any atom is 0.0469 e. The largest absolute Gasteiger partial charge is 0.381 e. The van der Waals surface area contributed by atoms with Crippen LogP contribution in [0.25, 0.3) is 0 Å². The highest BCUT2D eigenvalue weighted by Gasteiger charge is 2.15. The highest BCUT2D eigenvalue weighted by Crippen LogP contribution is 2.07. The molecule has 1 rings (SSSR count). The van der Waals surface area contributed by atoms with Gasteiger partial charge in [0.15, 0.2) is 0 Å². The summed E-state index contributed by atoms with van der Waals surface area (Å²) >= 11 is 0. The van der Waals surface area contributed by atoms with E-state index >= 15 is 0 Å². The zero-order valence-electron chi connectivity index (χ0n) is 8.14. The Morgan fingerprint density at radius 3 is 2.67 bits per heavy atom. The van der Waals surface area contributed by atoms with Crippen LogP contribution in [-0.4, -0.2) is 26.3 Å². The van der Waals surface area contributed by atoms with Gasteiger partial charge >= 0.3 is 0 Å². The summed E-state index contributed by atoms with van der Waals surface area (Å²) in [7, 11) is 0. The zero-order valence-corrected chi connectivity index (χ0v) is 8.14. The Balaban J connectivity index is 1.70. The van der Waals surface area contributed by atoms with Gasteiger partial charge < -0.3 is 10.1 Å². The second kappa shape index (κ2) is 6.44. The maximum absolute atomic E-state index is 5.51. The molecule has 0 bridgehead atoms. The summed E-state index contributed by atoms with van der Waals surface area (Å²) in [6.45, 7) is 6.57. The van der Waals surface area contributed by atoms with Crippen LogP contribution in [0, 0.1) is 5.92 Å². The van der Waals surface area contributed by atoms with Gasteiger partial charge in [-0.15, -0.1) is 0 Å². The van der Waals surface area contributed by atoms with E-state index in [2.05, 4.69) is 12.2 Å². The second-order valence-electron chi connectivity index (χ2n) is 3.63. The number of hydrogen-bond acceptors (Lipinski definition) is 2. The van der Waals surface area contributed by atoms with Crippen molar-refractivity contribution in [1.82, 2.24) is 5.32 Å². The molecule has 0 unspecified atom stereocenters. The van der Waals surface area contributed by atoms with E-state index in [0.717, 1.165) is 19.1 Å². The Labute approximate surface area is 75.7 Å². The van der Waals surface area contributed by atoms with Crippen molar-refractivity contribution >= 4 is 0 Å². The molecule has 0 aromatic heterocycles. The maximum atomic E-state index is 5.51. The normalized spacial score (nSPS) is 17.8. The van der Waals surface area contributed by atoms with E-state index in [1.807, 2.05) is 0 Å². The van der Waals surface area contributed by atoms with E-state index in [1.165, 1.54) is 38.8 Å². The lowest BCUT2D eigenvalue weighted by Gasteiger charge is -2.26. The van der Waals surface area contributed by atoms with Crippen LogP contribution in [0.5, 0.6) is 0 Å². The van der Waals surface area contributed by atoms with Crippen LogP contribution in [-0.2, 0) is 4.74 Å². The fourth-order valence-electron chi connectivity index (χ4n) is 1.36. The molecule has 72 valence electrons. The highest BCUT2D eigenvalue weighted by atomic mass is 16.5. The van der Waals surface area contributed by atoms with Crippen LogP contribution >= 0.6 is 0 Å². The molecule has 1 aliphatic rings. The van der Waals surface area contributed by atoms with Crippen molar-refractivity contribution in [2.24, 2.45) is 5.92 Å². The zero-order chi connectivity index (χ0) is 8.65. The van der Waals surface area contributed by atoms with E-state index in [-0.39, 0.29) is 0 Å². The van der Waals surface area contributed by atoms with Gasteiger partial charge in [0.1, 0.15) is 0 Å². The Morgan fingerprint density at radius 2 is 2.08 bits per heavy atom. The van der Waals surface area contributed by atoms with Crippen molar-refractivity contribution in [2.75, 3.05) is 26.3 Å². The SMILES string of the molecule is CCCCCOCCC1CNC1. The summed E-state index contributed by atoms with van der Waals surface area (Å²) in [6.07, 6.45) is 5.08. The third-order valence-electron chi connectivity index (χ3n) is 2.43. The molecule has 1 saturated heterocycles. The number of hydrogen-bond donors (Lipinski definition) is 1. The first-order valence-corrected chi connectivity index (χ1v) is 5.22. The van der Waals surface area contributed by atoms with Gasteiger partial charge in [-0.25, -0.2) is 0 Å². The molecule has 2 heteroatoms. The van der Waals surface area contributed by atoms with Crippen molar-refractivity contribution in [3.05, 3.63) is 0 Å². The molecule has 0 saturated carbocycles. The highest BCUT2D eigenvalue weighted by molar-refractivity contribution is 4.73. The summed E-state index contributed by atoms with van der Waals surface area (Å²) in [4.78, 5) is 0. The summed E-state index contributed by atoms with van der Waals surface area (Å²) in [5.41, 5.74) is 0. The van der Waals surface area contributed by atoms with Gasteiger partial charge in [-0.2, -0.15) is 0 Å². The lowest BCUT2D eigenvalue weighted by Crippen LogP contribution is -2.42. The lowest BCUT2D eigenvalue weighted by molar-refractivity contribution is 0.108. The minimum Gasteiger partial charge on any atom is -0.381 e. The Kier molecular flexibility index (Phi) is 5.37. The number of rotatable bonds is 7. The van der Waals surface area contributed by atoms with Gasteiger partial charge in [-0.3, -0.25) is 0 Å². The lowest BCUT2D eigenvalue weighted by atomic mass is 10.0. The topological polar surface area (TPSA) is 21.3 Å². The van der Waals surface area contributed by atoms with Gasteiger partial charge in [0.2, 0.25) is 0 Å². The van der Waals surface area contributed by atoms with E-state index in [4.69, 9.17) is 4.74 Å². The molecule has 12 heavy (non-hydrogen) atoms. The number of nitrogens with one attached hydrogen (secondary N) is 1. The first-order valence-electron chi connectivity index (χ1n) is 5.22. The van der Waals surface area contributed by atoms with Gasteiger partial charge in [0, 0.05) is 13.2 Å². The Morgan fingerprint density at radius 1 is 1.25 bits per heavy atom. The third kappa shape index (κ3) is 4.07. The molecule has 0 radical (unpaired) electrons.